The quantitative estimate of drug-likeness (QED) is 0.640. The zero-order valence-electron chi connectivity index (χ0n) is 11.0. The maximum atomic E-state index is 11.8. The molecular weight excluding hydrogens is 268 g/mol. The van der Waals surface area contributed by atoms with Crippen molar-refractivity contribution in [2.75, 3.05) is 5.32 Å². The molecule has 6 nitrogen and oxygen atoms in total. The smallest absolute Gasteiger partial charge is 0.322 e. The van der Waals surface area contributed by atoms with Crippen LogP contribution in [0.25, 0.3) is 17.1 Å². The number of fused-ring (bicyclic) bond motifs is 1. The molecule has 0 aliphatic heterocycles. The van der Waals surface area contributed by atoms with E-state index in [2.05, 4.69) is 20.3 Å². The molecule has 0 aliphatic rings. The maximum Gasteiger partial charge on any atom is 0.323 e. The summed E-state index contributed by atoms with van der Waals surface area (Å²) in [5, 5.41) is 2.73. The van der Waals surface area contributed by atoms with E-state index in [0.29, 0.717) is 16.7 Å². The van der Waals surface area contributed by atoms with Crippen LogP contribution in [0.1, 0.15) is 5.56 Å². The van der Waals surface area contributed by atoms with Crippen molar-refractivity contribution in [1.82, 2.24) is 15.0 Å². The van der Waals surface area contributed by atoms with Gasteiger partial charge in [-0.2, -0.15) is 0 Å². The molecule has 0 unspecified atom stereocenters. The lowest BCUT2D eigenvalue weighted by atomic mass is 10.2. The van der Waals surface area contributed by atoms with Crippen LogP contribution in [0.4, 0.5) is 5.69 Å². The number of benzene rings is 1. The molecule has 6 heteroatoms. The van der Waals surface area contributed by atoms with Crippen LogP contribution >= 0.6 is 0 Å². The average molecular weight is 280 g/mol. The minimum atomic E-state index is -0.273. The van der Waals surface area contributed by atoms with Gasteiger partial charge in [0.1, 0.15) is 0 Å². The Morgan fingerprint density at radius 3 is 2.86 bits per heavy atom. The molecule has 1 aromatic carbocycles. The van der Waals surface area contributed by atoms with Crippen LogP contribution in [0.2, 0.25) is 0 Å². The number of carbonyl (C=O) groups excluding carboxylic acids is 1. The number of pyridine rings is 1. The molecule has 0 aliphatic carbocycles. The monoisotopic (exact) mass is 280 g/mol. The van der Waals surface area contributed by atoms with E-state index in [-0.39, 0.29) is 11.6 Å². The summed E-state index contributed by atoms with van der Waals surface area (Å²) in [7, 11) is 0. The third kappa shape index (κ3) is 3.06. The van der Waals surface area contributed by atoms with Crippen molar-refractivity contribution in [3.63, 3.8) is 0 Å². The zero-order valence-corrected chi connectivity index (χ0v) is 11.0. The Balaban J connectivity index is 1.74. The fourth-order valence-electron chi connectivity index (χ4n) is 1.94. The van der Waals surface area contributed by atoms with Crippen LogP contribution in [0, 0.1) is 0 Å². The number of rotatable bonds is 3. The summed E-state index contributed by atoms with van der Waals surface area (Å²) >= 11 is 0. The maximum absolute atomic E-state index is 11.8. The molecular formula is C15H12N4O2. The molecule has 3 aromatic rings. The van der Waals surface area contributed by atoms with Crippen LogP contribution in [-0.2, 0) is 4.79 Å². The topological polar surface area (TPSA) is 90.6 Å². The predicted octanol–water partition coefficient (Wildman–Crippen LogP) is 1.90. The lowest BCUT2D eigenvalue weighted by Gasteiger charge is -2.01. The van der Waals surface area contributed by atoms with E-state index in [0.717, 1.165) is 5.56 Å². The van der Waals surface area contributed by atoms with Crippen molar-refractivity contribution in [2.24, 2.45) is 0 Å². The largest absolute Gasteiger partial charge is 0.323 e. The Morgan fingerprint density at radius 2 is 2.05 bits per heavy atom. The van der Waals surface area contributed by atoms with E-state index in [1.54, 1.807) is 42.7 Å². The van der Waals surface area contributed by atoms with Crippen molar-refractivity contribution in [1.29, 1.82) is 0 Å². The second-order valence-electron chi connectivity index (χ2n) is 4.45. The highest BCUT2D eigenvalue weighted by atomic mass is 16.1. The number of carbonyl (C=O) groups is 1. The second kappa shape index (κ2) is 5.46. The molecule has 21 heavy (non-hydrogen) atoms. The van der Waals surface area contributed by atoms with E-state index >= 15 is 0 Å². The lowest BCUT2D eigenvalue weighted by molar-refractivity contribution is -0.111. The fourth-order valence-corrected chi connectivity index (χ4v) is 1.94. The Kier molecular flexibility index (Phi) is 3.34. The predicted molar refractivity (Wildman–Crippen MR) is 80.8 cm³/mol. The van der Waals surface area contributed by atoms with E-state index in [4.69, 9.17) is 0 Å². The number of nitrogens with one attached hydrogen (secondary N) is 3. The lowest BCUT2D eigenvalue weighted by Crippen LogP contribution is -2.07. The molecule has 0 spiro atoms. The van der Waals surface area contributed by atoms with E-state index in [1.165, 1.54) is 6.08 Å². The molecule has 0 fully saturated rings. The van der Waals surface area contributed by atoms with Crippen LogP contribution in [0.3, 0.4) is 0 Å². The van der Waals surface area contributed by atoms with Gasteiger partial charge in [0.05, 0.1) is 11.0 Å². The Morgan fingerprint density at radius 1 is 1.19 bits per heavy atom. The van der Waals surface area contributed by atoms with E-state index in [1.807, 2.05) is 6.07 Å². The van der Waals surface area contributed by atoms with E-state index in [9.17, 15) is 9.59 Å². The van der Waals surface area contributed by atoms with Crippen molar-refractivity contribution in [2.45, 2.75) is 0 Å². The van der Waals surface area contributed by atoms with Gasteiger partial charge in [0.25, 0.3) is 0 Å². The highest BCUT2D eigenvalue weighted by Crippen LogP contribution is 2.14. The molecule has 2 heterocycles. The summed E-state index contributed by atoms with van der Waals surface area (Å²) in [6, 6.07) is 8.81. The summed E-state index contributed by atoms with van der Waals surface area (Å²) in [6.45, 7) is 0. The number of aromatic amines is 2. The van der Waals surface area contributed by atoms with Gasteiger partial charge in [-0.1, -0.05) is 6.07 Å². The van der Waals surface area contributed by atoms with Gasteiger partial charge in [-0.05, 0) is 35.9 Å². The average Bonchev–Trinajstić information content (AvgIpc) is 2.85. The number of hydrogen-bond acceptors (Lipinski definition) is 3. The third-order valence-electron chi connectivity index (χ3n) is 2.90. The van der Waals surface area contributed by atoms with Gasteiger partial charge in [-0.15, -0.1) is 0 Å². The molecule has 2 aromatic heterocycles. The van der Waals surface area contributed by atoms with Crippen LogP contribution < -0.4 is 11.0 Å². The molecule has 0 bridgehead atoms. The van der Waals surface area contributed by atoms with Gasteiger partial charge in [0, 0.05) is 24.2 Å². The summed E-state index contributed by atoms with van der Waals surface area (Å²) in [6.07, 6.45) is 6.45. The van der Waals surface area contributed by atoms with Gasteiger partial charge >= 0.3 is 5.69 Å². The SMILES string of the molecule is O=C(/C=C/c1cccnc1)Nc1ccc2[nH]c(=O)[nH]c2c1. The molecule has 0 radical (unpaired) electrons. The first-order chi connectivity index (χ1) is 10.2. The molecule has 3 rings (SSSR count). The first-order valence-electron chi connectivity index (χ1n) is 6.32. The number of amides is 1. The highest BCUT2D eigenvalue weighted by molar-refractivity contribution is 6.02. The van der Waals surface area contributed by atoms with Crippen LogP contribution in [0.15, 0.2) is 53.6 Å². The van der Waals surface area contributed by atoms with Gasteiger partial charge in [-0.3, -0.25) is 9.78 Å². The van der Waals surface area contributed by atoms with Crippen LogP contribution in [-0.4, -0.2) is 20.9 Å². The summed E-state index contributed by atoms with van der Waals surface area (Å²) < 4.78 is 0. The molecule has 104 valence electrons. The zero-order chi connectivity index (χ0) is 14.7. The van der Waals surface area contributed by atoms with Gasteiger partial charge in [-0.25, -0.2) is 4.79 Å². The summed E-state index contributed by atoms with van der Waals surface area (Å²) in [5.74, 6) is -0.254. The van der Waals surface area contributed by atoms with Gasteiger partial charge in [0.2, 0.25) is 5.91 Å². The summed E-state index contributed by atoms with van der Waals surface area (Å²) in [5.41, 5.74) is 2.53. The fraction of sp³-hybridized carbons (Fsp3) is 0. The first kappa shape index (κ1) is 12.9. The first-order valence-corrected chi connectivity index (χ1v) is 6.32. The number of anilines is 1. The molecule has 0 saturated carbocycles. The minimum Gasteiger partial charge on any atom is -0.322 e. The van der Waals surface area contributed by atoms with Gasteiger partial charge < -0.3 is 15.3 Å². The van der Waals surface area contributed by atoms with Gasteiger partial charge in [0.15, 0.2) is 0 Å². The van der Waals surface area contributed by atoms with E-state index < -0.39 is 0 Å². The standard InChI is InChI=1S/C15H12N4O2/c20-14(6-3-10-2-1-7-16-9-10)17-11-4-5-12-13(8-11)19-15(21)18-12/h1-9H,(H,17,20)(H2,18,19,21)/b6-3+. The molecule has 1 amide bonds. The second-order valence-corrected chi connectivity index (χ2v) is 4.45. The molecule has 0 atom stereocenters. The summed E-state index contributed by atoms with van der Waals surface area (Å²) in [4.78, 5) is 32.2. The number of aromatic nitrogens is 3. The Bertz CT molecular complexity index is 862. The van der Waals surface area contributed by atoms with Crippen molar-refractivity contribution >= 4 is 28.7 Å². The van der Waals surface area contributed by atoms with Crippen molar-refractivity contribution in [3.8, 4) is 0 Å². The Hall–Kier alpha value is -3.15. The number of H-pyrrole nitrogens is 2. The van der Waals surface area contributed by atoms with Crippen molar-refractivity contribution in [3.05, 3.63) is 64.8 Å². The number of nitrogens with zero attached hydrogens (tertiary/aromatic N) is 1. The molecule has 3 N–H and O–H groups in total. The molecule has 0 saturated heterocycles. The third-order valence-corrected chi connectivity index (χ3v) is 2.90. The van der Waals surface area contributed by atoms with Crippen LogP contribution in [0.5, 0.6) is 0 Å². The Labute approximate surface area is 119 Å². The number of imidazole rings is 1. The highest BCUT2D eigenvalue weighted by Gasteiger charge is 2.02. The van der Waals surface area contributed by atoms with Crippen molar-refractivity contribution < 1.29 is 4.79 Å². The normalized spacial score (nSPS) is 11.0. The minimum absolute atomic E-state index is 0.254. The number of hydrogen-bond donors (Lipinski definition) is 3.